The summed E-state index contributed by atoms with van der Waals surface area (Å²) < 4.78 is 39.3. The van der Waals surface area contributed by atoms with E-state index in [-0.39, 0.29) is 33.2 Å². The molecule has 0 N–H and O–H groups in total. The number of rotatable bonds is 8. The maximum Gasteiger partial charge on any atom is 0.338 e. The number of alkyl halides is 2. The van der Waals surface area contributed by atoms with Crippen molar-refractivity contribution in [3.8, 4) is 11.8 Å². The zero-order valence-corrected chi connectivity index (χ0v) is 25.8. The van der Waals surface area contributed by atoms with Crippen LogP contribution in [-0.2, 0) is 15.3 Å². The Morgan fingerprint density at radius 2 is 1.93 bits per heavy atom. The molecule has 8 nitrogen and oxygen atoms in total. The lowest BCUT2D eigenvalue weighted by Gasteiger charge is -2.24. The number of hydrogen-bond acceptors (Lipinski definition) is 9. The summed E-state index contributed by atoms with van der Waals surface area (Å²) in [6, 6.07) is 17.2. The van der Waals surface area contributed by atoms with Gasteiger partial charge in [0.05, 0.1) is 41.6 Å². The third-order valence-electron chi connectivity index (χ3n) is 7.05. The van der Waals surface area contributed by atoms with Crippen molar-refractivity contribution in [3.05, 3.63) is 119 Å². The van der Waals surface area contributed by atoms with Gasteiger partial charge in [-0.2, -0.15) is 5.26 Å². The molecule has 0 saturated carbocycles. The van der Waals surface area contributed by atoms with E-state index in [4.69, 9.17) is 9.47 Å². The number of thiazole rings is 1. The van der Waals surface area contributed by atoms with Gasteiger partial charge in [-0.1, -0.05) is 47.7 Å². The van der Waals surface area contributed by atoms with Crippen LogP contribution in [0.15, 0.2) is 80.7 Å². The minimum atomic E-state index is -2.76. The van der Waals surface area contributed by atoms with Crippen LogP contribution in [0.5, 0.6) is 5.75 Å². The van der Waals surface area contributed by atoms with Crippen molar-refractivity contribution < 1.29 is 23.0 Å². The molecule has 3 heterocycles. The number of carbonyl (C=O) groups excluding carboxylic acids is 1. The Bertz CT molecular complexity index is 2010. The topological polar surface area (TPSA) is 107 Å². The third kappa shape index (κ3) is 5.93. The second-order valence-corrected chi connectivity index (χ2v) is 11.8. The van der Waals surface area contributed by atoms with Gasteiger partial charge >= 0.3 is 5.97 Å². The van der Waals surface area contributed by atoms with Crippen LogP contribution in [0.3, 0.4) is 0 Å². The first-order chi connectivity index (χ1) is 21.2. The SMILES string of the molecule is COC(=O)C1=C(C)N=c2s/c(=C\c3ccc(OC)c(CSc4nc(C(F)F)cc(C)c4C#N)c3)c(=O)n2[C@H]1c1ccccc1. The number of esters is 1. The number of fused-ring (bicyclic) bond motifs is 1. The summed E-state index contributed by atoms with van der Waals surface area (Å²) in [5.74, 6) is 0.268. The van der Waals surface area contributed by atoms with Gasteiger partial charge in [0, 0.05) is 11.3 Å². The Kier molecular flexibility index (Phi) is 9.08. The Balaban J connectivity index is 1.56. The second-order valence-electron chi connectivity index (χ2n) is 9.80. The Hall–Kier alpha value is -4.60. The van der Waals surface area contributed by atoms with E-state index in [0.29, 0.717) is 31.9 Å². The molecule has 0 saturated heterocycles. The fourth-order valence-corrected chi connectivity index (χ4v) is 7.05. The Morgan fingerprint density at radius 1 is 1.18 bits per heavy atom. The van der Waals surface area contributed by atoms with Crippen molar-refractivity contribution >= 4 is 35.1 Å². The minimum Gasteiger partial charge on any atom is -0.496 e. The van der Waals surface area contributed by atoms with Crippen LogP contribution in [0, 0.1) is 18.3 Å². The van der Waals surface area contributed by atoms with Gasteiger partial charge in [-0.05, 0) is 54.8 Å². The molecule has 2 aromatic carbocycles. The number of pyridine rings is 1. The van der Waals surface area contributed by atoms with Gasteiger partial charge in [-0.25, -0.2) is 23.6 Å². The molecule has 0 aliphatic carbocycles. The Morgan fingerprint density at radius 3 is 2.59 bits per heavy atom. The maximum atomic E-state index is 13.9. The predicted molar refractivity (Wildman–Crippen MR) is 163 cm³/mol. The predicted octanol–water partition coefficient (Wildman–Crippen LogP) is 5.22. The first-order valence-electron chi connectivity index (χ1n) is 13.3. The van der Waals surface area contributed by atoms with Gasteiger partial charge in [-0.15, -0.1) is 11.8 Å². The highest BCUT2D eigenvalue weighted by Crippen LogP contribution is 2.33. The Labute approximate surface area is 259 Å². The first kappa shape index (κ1) is 30.8. The van der Waals surface area contributed by atoms with E-state index in [2.05, 4.69) is 16.0 Å². The molecule has 0 fully saturated rings. The lowest BCUT2D eigenvalue weighted by molar-refractivity contribution is -0.136. The van der Waals surface area contributed by atoms with E-state index >= 15 is 0 Å². The van der Waals surface area contributed by atoms with Crippen molar-refractivity contribution in [2.75, 3.05) is 14.2 Å². The van der Waals surface area contributed by atoms with E-state index < -0.39 is 18.4 Å². The molecule has 0 radical (unpaired) electrons. The highest BCUT2D eigenvalue weighted by Gasteiger charge is 2.33. The van der Waals surface area contributed by atoms with Gasteiger partial charge in [0.25, 0.3) is 12.0 Å². The summed E-state index contributed by atoms with van der Waals surface area (Å²) in [6.07, 6.45) is -1.03. The van der Waals surface area contributed by atoms with E-state index in [1.807, 2.05) is 36.4 Å². The molecular formula is C32H26F2N4O4S2. The number of carbonyl (C=O) groups is 1. The van der Waals surface area contributed by atoms with Crippen molar-refractivity contribution in [1.82, 2.24) is 9.55 Å². The van der Waals surface area contributed by atoms with Crippen molar-refractivity contribution in [2.45, 2.75) is 37.1 Å². The molecule has 44 heavy (non-hydrogen) atoms. The molecule has 5 rings (SSSR count). The summed E-state index contributed by atoms with van der Waals surface area (Å²) in [5, 5.41) is 9.82. The number of allylic oxidation sites excluding steroid dienone is 1. The molecule has 0 bridgehead atoms. The zero-order valence-electron chi connectivity index (χ0n) is 24.1. The average Bonchev–Trinajstić information content (AvgIpc) is 3.32. The highest BCUT2D eigenvalue weighted by molar-refractivity contribution is 7.98. The number of benzene rings is 2. The standard InChI is InChI=1S/C32H26F2N4O4S2/c1-17-12-23(28(33)34)37-29(22(17)15-35)43-16-21-13-19(10-11-24(21)41-3)14-25-30(39)38-27(20-8-6-5-7-9-20)26(31(40)42-4)18(2)36-32(38)44-25/h5-14,27-28H,16H2,1-4H3/b25-14-/t27-/m0/s1. The van der Waals surface area contributed by atoms with Gasteiger partial charge in [0.1, 0.15) is 22.5 Å². The van der Waals surface area contributed by atoms with Gasteiger partial charge < -0.3 is 9.47 Å². The minimum absolute atomic E-state index is 0.209. The molecule has 4 aromatic rings. The van der Waals surface area contributed by atoms with Crippen LogP contribution < -0.4 is 19.6 Å². The molecule has 12 heteroatoms. The van der Waals surface area contributed by atoms with E-state index in [1.54, 1.807) is 32.1 Å². The number of nitriles is 1. The molecule has 224 valence electrons. The molecule has 0 spiro atoms. The van der Waals surface area contributed by atoms with Crippen molar-refractivity contribution in [3.63, 3.8) is 0 Å². The summed E-state index contributed by atoms with van der Waals surface area (Å²) in [4.78, 5) is 35.7. The number of hydrogen-bond donors (Lipinski definition) is 0. The number of ether oxygens (including phenoxy) is 2. The highest BCUT2D eigenvalue weighted by atomic mass is 32.2. The maximum absolute atomic E-state index is 13.9. The smallest absolute Gasteiger partial charge is 0.338 e. The number of aryl methyl sites for hydroxylation is 1. The van der Waals surface area contributed by atoms with Gasteiger partial charge in [0.2, 0.25) is 0 Å². The second kappa shape index (κ2) is 13.0. The van der Waals surface area contributed by atoms with Crippen LogP contribution >= 0.6 is 23.1 Å². The molecular weight excluding hydrogens is 607 g/mol. The number of halogens is 2. The molecule has 0 amide bonds. The van der Waals surface area contributed by atoms with E-state index in [9.17, 15) is 23.6 Å². The number of aromatic nitrogens is 2. The summed E-state index contributed by atoms with van der Waals surface area (Å²) in [7, 11) is 2.82. The number of thioether (sulfide) groups is 1. The fraction of sp³-hybridized carbons (Fsp3) is 0.219. The van der Waals surface area contributed by atoms with E-state index in [1.165, 1.54) is 36.2 Å². The molecule has 1 atom stereocenters. The lowest BCUT2D eigenvalue weighted by atomic mass is 9.96. The fourth-order valence-electron chi connectivity index (χ4n) is 4.96. The summed E-state index contributed by atoms with van der Waals surface area (Å²) >= 11 is 2.36. The molecule has 0 unspecified atom stereocenters. The molecule has 1 aliphatic heterocycles. The van der Waals surface area contributed by atoms with Crippen molar-refractivity contribution in [2.24, 2.45) is 4.99 Å². The van der Waals surface area contributed by atoms with Crippen LogP contribution in [0.2, 0.25) is 0 Å². The van der Waals surface area contributed by atoms with Crippen molar-refractivity contribution in [1.29, 1.82) is 5.26 Å². The quantitative estimate of drug-likeness (QED) is 0.194. The third-order valence-corrected chi connectivity index (χ3v) is 9.05. The monoisotopic (exact) mass is 632 g/mol. The van der Waals surface area contributed by atoms with Gasteiger partial charge in [0.15, 0.2) is 4.80 Å². The van der Waals surface area contributed by atoms with Crippen LogP contribution in [0.4, 0.5) is 8.78 Å². The average molecular weight is 633 g/mol. The first-order valence-corrected chi connectivity index (χ1v) is 15.1. The number of nitrogens with zero attached hydrogens (tertiary/aromatic N) is 4. The summed E-state index contributed by atoms with van der Waals surface area (Å²) in [5.41, 5.74) is 2.88. The van der Waals surface area contributed by atoms with E-state index in [0.717, 1.165) is 22.9 Å². The van der Waals surface area contributed by atoms with Gasteiger partial charge in [-0.3, -0.25) is 9.36 Å². The van der Waals surface area contributed by atoms with Crippen LogP contribution in [-0.4, -0.2) is 29.7 Å². The zero-order chi connectivity index (χ0) is 31.5. The molecule has 1 aliphatic rings. The van der Waals surface area contributed by atoms with Crippen LogP contribution in [0.25, 0.3) is 6.08 Å². The van der Waals surface area contributed by atoms with Crippen LogP contribution in [0.1, 0.15) is 52.9 Å². The largest absolute Gasteiger partial charge is 0.496 e. The normalized spacial score (nSPS) is 14.7. The molecule has 2 aromatic heterocycles. The summed E-state index contributed by atoms with van der Waals surface area (Å²) in [6.45, 7) is 3.32. The number of methoxy groups -OCH3 is 2. The lowest BCUT2D eigenvalue weighted by Crippen LogP contribution is -2.39.